The number of nitro benzene ring substituents is 1. The van der Waals surface area contributed by atoms with Crippen LogP contribution in [0.4, 0.5) is 22.7 Å². The molecular formula is C29H31N5O8. The third kappa shape index (κ3) is 9.11. The summed E-state index contributed by atoms with van der Waals surface area (Å²) in [5, 5.41) is 30.4. The number of carboxylic acid groups (broad SMARTS) is 1. The van der Waals surface area contributed by atoms with Gasteiger partial charge in [0.15, 0.2) is 6.10 Å². The third-order valence-corrected chi connectivity index (χ3v) is 6.03. The normalized spacial score (nSPS) is 12.3. The number of esters is 1. The van der Waals surface area contributed by atoms with Crippen molar-refractivity contribution in [2.45, 2.75) is 32.9 Å². The van der Waals surface area contributed by atoms with Gasteiger partial charge in [0.05, 0.1) is 22.8 Å². The summed E-state index contributed by atoms with van der Waals surface area (Å²) in [5.74, 6) is -2.08. The summed E-state index contributed by atoms with van der Waals surface area (Å²) in [6.45, 7) is 6.37. The highest BCUT2D eigenvalue weighted by molar-refractivity contribution is 5.97. The largest absolute Gasteiger partial charge is 0.492 e. The molecule has 0 bridgehead atoms. The van der Waals surface area contributed by atoms with Crippen LogP contribution in [0, 0.1) is 10.1 Å². The van der Waals surface area contributed by atoms with Crippen molar-refractivity contribution >= 4 is 40.6 Å². The minimum absolute atomic E-state index is 0.0105. The Hall–Kier alpha value is -5.33. The highest BCUT2D eigenvalue weighted by Crippen LogP contribution is 2.24. The quantitative estimate of drug-likeness (QED) is 0.115. The Morgan fingerprint density at radius 3 is 2.05 bits per heavy atom. The molecule has 0 aliphatic heterocycles. The van der Waals surface area contributed by atoms with E-state index in [1.165, 1.54) is 38.1 Å². The van der Waals surface area contributed by atoms with Crippen molar-refractivity contribution < 1.29 is 33.9 Å². The number of amides is 1. The first-order valence-corrected chi connectivity index (χ1v) is 13.1. The number of rotatable bonds is 14. The number of carbonyl (C=O) groups excluding carboxylic acids is 2. The van der Waals surface area contributed by atoms with Gasteiger partial charge < -0.3 is 24.8 Å². The molecule has 0 aliphatic rings. The van der Waals surface area contributed by atoms with Gasteiger partial charge in [0.2, 0.25) is 0 Å². The van der Waals surface area contributed by atoms with Crippen LogP contribution >= 0.6 is 0 Å². The maximum atomic E-state index is 12.4. The van der Waals surface area contributed by atoms with Crippen LogP contribution < -0.4 is 15.0 Å². The number of non-ortho nitro benzene ring substituents is 1. The van der Waals surface area contributed by atoms with Gasteiger partial charge in [-0.05, 0) is 81.4 Å². The standard InChI is InChI=1S/C29H31N5O8/c1-4-33(24-11-7-22(8-12-24)31-32-23-9-13-25(14-10-23)34(39)40)17-18-41-26-15-5-21(6-16-26)27(35)30-19(2)29(38)42-20(3)28(36)37/h5-16,19-20H,4,17-18H2,1-3H3,(H,30,35)(H,36,37)/t19-,20+/m0/s1. The summed E-state index contributed by atoms with van der Waals surface area (Å²) in [4.78, 5) is 47.6. The Morgan fingerprint density at radius 2 is 1.52 bits per heavy atom. The number of anilines is 1. The molecule has 0 unspecified atom stereocenters. The zero-order valence-corrected chi connectivity index (χ0v) is 23.3. The average molecular weight is 578 g/mol. The number of carboxylic acids is 1. The molecular weight excluding hydrogens is 546 g/mol. The van der Waals surface area contributed by atoms with Gasteiger partial charge >= 0.3 is 11.9 Å². The predicted octanol–water partition coefficient (Wildman–Crippen LogP) is 5.05. The third-order valence-electron chi connectivity index (χ3n) is 6.03. The molecule has 3 aromatic carbocycles. The Kier molecular flexibility index (Phi) is 11.1. The Labute approximate surface area is 241 Å². The van der Waals surface area contributed by atoms with Gasteiger partial charge in [-0.2, -0.15) is 10.2 Å². The molecule has 13 nitrogen and oxygen atoms in total. The summed E-state index contributed by atoms with van der Waals surface area (Å²) < 4.78 is 10.6. The summed E-state index contributed by atoms with van der Waals surface area (Å²) >= 11 is 0. The fraction of sp³-hybridized carbons (Fsp3) is 0.276. The number of hydrogen-bond acceptors (Lipinski definition) is 10. The second-order valence-corrected chi connectivity index (χ2v) is 9.05. The molecule has 0 aromatic heterocycles. The van der Waals surface area contributed by atoms with Gasteiger partial charge in [-0.15, -0.1) is 0 Å². The predicted molar refractivity (Wildman–Crippen MR) is 154 cm³/mol. The minimum Gasteiger partial charge on any atom is -0.492 e. The fourth-order valence-electron chi connectivity index (χ4n) is 3.60. The highest BCUT2D eigenvalue weighted by Gasteiger charge is 2.23. The molecule has 3 aromatic rings. The van der Waals surface area contributed by atoms with E-state index >= 15 is 0 Å². The maximum absolute atomic E-state index is 12.4. The lowest BCUT2D eigenvalue weighted by atomic mass is 10.2. The van der Waals surface area contributed by atoms with Crippen molar-refractivity contribution in [2.24, 2.45) is 10.2 Å². The molecule has 2 N–H and O–H groups in total. The van der Waals surface area contributed by atoms with Crippen LogP contribution in [0.1, 0.15) is 31.1 Å². The Morgan fingerprint density at radius 1 is 0.952 bits per heavy atom. The monoisotopic (exact) mass is 577 g/mol. The number of azo groups is 1. The number of nitrogens with one attached hydrogen (secondary N) is 1. The molecule has 0 fully saturated rings. The van der Waals surface area contributed by atoms with Crippen molar-refractivity contribution in [3.8, 4) is 5.75 Å². The van der Waals surface area contributed by atoms with E-state index in [1.807, 2.05) is 31.2 Å². The van der Waals surface area contributed by atoms with E-state index in [2.05, 4.69) is 20.4 Å². The number of carbonyl (C=O) groups is 3. The molecule has 0 aliphatic carbocycles. The second kappa shape index (κ2) is 14.9. The first kappa shape index (κ1) is 31.2. The van der Waals surface area contributed by atoms with Crippen molar-refractivity contribution in [3.05, 3.63) is 88.5 Å². The Balaban J connectivity index is 1.47. The van der Waals surface area contributed by atoms with Gasteiger partial charge in [-0.1, -0.05) is 0 Å². The van der Waals surface area contributed by atoms with Gasteiger partial charge in [-0.25, -0.2) is 9.59 Å². The highest BCUT2D eigenvalue weighted by atomic mass is 16.6. The number of benzene rings is 3. The van der Waals surface area contributed by atoms with Crippen molar-refractivity contribution in [1.82, 2.24) is 5.32 Å². The molecule has 2 atom stereocenters. The molecule has 0 heterocycles. The molecule has 0 saturated heterocycles. The number of aliphatic carboxylic acids is 1. The second-order valence-electron chi connectivity index (χ2n) is 9.05. The van der Waals surface area contributed by atoms with Gasteiger partial charge in [0.1, 0.15) is 18.4 Å². The number of ether oxygens (including phenoxy) is 2. The molecule has 1 amide bonds. The summed E-state index contributed by atoms with van der Waals surface area (Å²) in [6, 6.07) is 18.7. The van der Waals surface area contributed by atoms with Crippen LogP contribution in [0.15, 0.2) is 83.0 Å². The first-order chi connectivity index (χ1) is 20.1. The van der Waals surface area contributed by atoms with Gasteiger partial charge in [-0.3, -0.25) is 14.9 Å². The SMILES string of the molecule is CCN(CCOc1ccc(C(=O)N[C@@H](C)C(=O)O[C@H](C)C(=O)O)cc1)c1ccc(N=Nc2ccc([N+](=O)[O-])cc2)cc1. The number of nitro groups is 1. The lowest BCUT2D eigenvalue weighted by Crippen LogP contribution is -2.41. The van der Waals surface area contributed by atoms with Crippen molar-refractivity contribution in [1.29, 1.82) is 0 Å². The zero-order chi connectivity index (χ0) is 30.6. The van der Waals surface area contributed by atoms with Crippen molar-refractivity contribution in [2.75, 3.05) is 24.6 Å². The summed E-state index contributed by atoms with van der Waals surface area (Å²) in [6.07, 6.45) is -1.32. The van der Waals surface area contributed by atoms with E-state index in [0.29, 0.717) is 35.8 Å². The molecule has 3 rings (SSSR count). The minimum atomic E-state index is -1.32. The van der Waals surface area contributed by atoms with Crippen LogP contribution in [-0.4, -0.2) is 59.7 Å². The van der Waals surface area contributed by atoms with Crippen molar-refractivity contribution in [3.63, 3.8) is 0 Å². The fourth-order valence-corrected chi connectivity index (χ4v) is 3.60. The summed E-state index contributed by atoms with van der Waals surface area (Å²) in [7, 11) is 0. The van der Waals surface area contributed by atoms with Gasteiger partial charge in [0, 0.05) is 29.9 Å². The lowest BCUT2D eigenvalue weighted by molar-refractivity contribution is -0.384. The van der Waals surface area contributed by atoms with E-state index in [4.69, 9.17) is 14.6 Å². The van der Waals surface area contributed by atoms with E-state index in [1.54, 1.807) is 24.3 Å². The van der Waals surface area contributed by atoms with E-state index in [9.17, 15) is 24.5 Å². The average Bonchev–Trinajstić information content (AvgIpc) is 2.99. The molecule has 0 spiro atoms. The van der Waals surface area contributed by atoms with Crippen LogP contribution in [0.25, 0.3) is 0 Å². The molecule has 0 radical (unpaired) electrons. The number of nitrogens with zero attached hydrogens (tertiary/aromatic N) is 4. The van der Waals surface area contributed by atoms with Crippen LogP contribution in [0.2, 0.25) is 0 Å². The van der Waals surface area contributed by atoms with E-state index in [-0.39, 0.29) is 5.69 Å². The molecule has 220 valence electrons. The smallest absolute Gasteiger partial charge is 0.344 e. The topological polar surface area (TPSA) is 173 Å². The van der Waals surface area contributed by atoms with E-state index < -0.39 is 34.9 Å². The number of likely N-dealkylation sites (N-methyl/N-ethyl adjacent to an activating group) is 1. The first-order valence-electron chi connectivity index (χ1n) is 13.1. The molecule has 13 heteroatoms. The Bertz CT molecular complexity index is 1410. The summed E-state index contributed by atoms with van der Waals surface area (Å²) in [5.41, 5.74) is 2.40. The van der Waals surface area contributed by atoms with Crippen LogP contribution in [-0.2, 0) is 14.3 Å². The lowest BCUT2D eigenvalue weighted by Gasteiger charge is -2.23. The van der Waals surface area contributed by atoms with E-state index in [0.717, 1.165) is 12.2 Å². The number of hydrogen-bond donors (Lipinski definition) is 2. The zero-order valence-electron chi connectivity index (χ0n) is 23.3. The molecule has 42 heavy (non-hydrogen) atoms. The van der Waals surface area contributed by atoms with Gasteiger partial charge in [0.25, 0.3) is 11.6 Å². The maximum Gasteiger partial charge on any atom is 0.344 e. The molecule has 0 saturated carbocycles. The van der Waals surface area contributed by atoms with Crippen LogP contribution in [0.5, 0.6) is 5.75 Å². The van der Waals surface area contributed by atoms with Crippen LogP contribution in [0.3, 0.4) is 0 Å².